The van der Waals surface area contributed by atoms with Crippen LogP contribution >= 0.6 is 0 Å². The fraction of sp³-hybridized carbons (Fsp3) is 0.900. The lowest BCUT2D eigenvalue weighted by Crippen LogP contribution is -2.41. The van der Waals surface area contributed by atoms with E-state index in [2.05, 4.69) is 5.32 Å². The van der Waals surface area contributed by atoms with Crippen molar-refractivity contribution < 1.29 is 13.2 Å². The zero-order chi connectivity index (χ0) is 12.8. The van der Waals surface area contributed by atoms with Crippen molar-refractivity contribution in [3.63, 3.8) is 0 Å². The van der Waals surface area contributed by atoms with Crippen LogP contribution in [-0.2, 0) is 14.8 Å². The molecule has 0 saturated heterocycles. The molecule has 0 spiro atoms. The van der Waals surface area contributed by atoms with Crippen LogP contribution in [0.25, 0.3) is 0 Å². The predicted molar refractivity (Wildman–Crippen MR) is 64.6 cm³/mol. The van der Waals surface area contributed by atoms with Gasteiger partial charge in [-0.1, -0.05) is 20.8 Å². The van der Waals surface area contributed by atoms with Gasteiger partial charge in [0.1, 0.15) is 0 Å². The van der Waals surface area contributed by atoms with Gasteiger partial charge in [0.2, 0.25) is 15.9 Å². The Hall–Kier alpha value is -0.620. The van der Waals surface area contributed by atoms with E-state index in [9.17, 15) is 13.2 Å². The monoisotopic (exact) mass is 250 g/mol. The Labute approximate surface area is 98.3 Å². The number of carbonyl (C=O) groups is 1. The predicted octanol–water partition coefficient (Wildman–Crippen LogP) is 0.430. The summed E-state index contributed by atoms with van der Waals surface area (Å²) in [7, 11) is -3.29. The van der Waals surface area contributed by atoms with E-state index < -0.39 is 10.0 Å². The number of carbonyl (C=O) groups excluding carboxylic acids is 1. The van der Waals surface area contributed by atoms with Gasteiger partial charge in [-0.05, 0) is 12.3 Å². The highest BCUT2D eigenvalue weighted by Gasteiger charge is 2.18. The Morgan fingerprint density at radius 1 is 1.38 bits per heavy atom. The molecule has 0 saturated carbocycles. The number of hydrogen-bond donors (Lipinski definition) is 1. The second kappa shape index (κ2) is 6.85. The first kappa shape index (κ1) is 15.4. The highest BCUT2D eigenvalue weighted by atomic mass is 32.2. The van der Waals surface area contributed by atoms with Crippen molar-refractivity contribution in [2.45, 2.75) is 27.2 Å². The van der Waals surface area contributed by atoms with Crippen LogP contribution in [0.3, 0.4) is 0 Å². The second-order valence-corrected chi connectivity index (χ2v) is 6.28. The van der Waals surface area contributed by atoms with Crippen LogP contribution in [0.4, 0.5) is 0 Å². The minimum atomic E-state index is -3.29. The standard InChI is InChI=1S/C10H22N2O3S/c1-5-6-12(16(4,14)15)8-10(13)11-7-9(2)3/h9H,5-8H2,1-4H3,(H,11,13). The highest BCUT2D eigenvalue weighted by Crippen LogP contribution is 1.99. The molecule has 0 atom stereocenters. The molecular formula is C10H22N2O3S. The summed E-state index contributed by atoms with van der Waals surface area (Å²) in [4.78, 5) is 11.5. The zero-order valence-corrected chi connectivity index (χ0v) is 11.3. The van der Waals surface area contributed by atoms with Crippen LogP contribution in [0.2, 0.25) is 0 Å². The Balaban J connectivity index is 4.25. The molecule has 0 bridgehead atoms. The summed E-state index contributed by atoms with van der Waals surface area (Å²) in [5.74, 6) is 0.120. The summed E-state index contributed by atoms with van der Waals surface area (Å²) in [6, 6.07) is 0. The third-order valence-electron chi connectivity index (χ3n) is 1.97. The largest absolute Gasteiger partial charge is 0.355 e. The lowest BCUT2D eigenvalue weighted by Gasteiger charge is -2.18. The maximum atomic E-state index is 11.5. The van der Waals surface area contributed by atoms with Crippen molar-refractivity contribution >= 4 is 15.9 Å². The molecule has 0 aliphatic carbocycles. The van der Waals surface area contributed by atoms with Gasteiger partial charge in [0.25, 0.3) is 0 Å². The van der Waals surface area contributed by atoms with E-state index in [1.54, 1.807) is 0 Å². The van der Waals surface area contributed by atoms with Crippen molar-refractivity contribution in [3.8, 4) is 0 Å². The molecule has 0 heterocycles. The number of rotatable bonds is 7. The third-order valence-corrected chi connectivity index (χ3v) is 3.22. The number of amides is 1. The van der Waals surface area contributed by atoms with Crippen LogP contribution in [0.15, 0.2) is 0 Å². The molecule has 0 unspecified atom stereocenters. The van der Waals surface area contributed by atoms with E-state index in [1.807, 2.05) is 20.8 Å². The lowest BCUT2D eigenvalue weighted by molar-refractivity contribution is -0.121. The molecule has 0 rings (SSSR count). The van der Waals surface area contributed by atoms with Gasteiger partial charge < -0.3 is 5.32 Å². The van der Waals surface area contributed by atoms with Crippen molar-refractivity contribution in [1.29, 1.82) is 0 Å². The minimum absolute atomic E-state index is 0.0839. The van der Waals surface area contributed by atoms with E-state index in [4.69, 9.17) is 0 Å². The summed E-state index contributed by atoms with van der Waals surface area (Å²) in [6.45, 7) is 6.72. The van der Waals surface area contributed by atoms with Gasteiger partial charge in [-0.3, -0.25) is 4.79 Å². The molecule has 0 aromatic rings. The lowest BCUT2D eigenvalue weighted by atomic mass is 10.2. The van der Waals surface area contributed by atoms with Crippen LogP contribution in [-0.4, -0.2) is 44.5 Å². The maximum Gasteiger partial charge on any atom is 0.235 e. The molecule has 6 heteroatoms. The van der Waals surface area contributed by atoms with E-state index in [-0.39, 0.29) is 12.5 Å². The molecule has 0 aliphatic heterocycles. The van der Waals surface area contributed by atoms with Gasteiger partial charge >= 0.3 is 0 Å². The maximum absolute atomic E-state index is 11.5. The molecule has 0 aromatic carbocycles. The number of nitrogens with zero attached hydrogens (tertiary/aromatic N) is 1. The zero-order valence-electron chi connectivity index (χ0n) is 10.5. The van der Waals surface area contributed by atoms with Gasteiger partial charge in [0.05, 0.1) is 12.8 Å². The second-order valence-electron chi connectivity index (χ2n) is 4.29. The minimum Gasteiger partial charge on any atom is -0.355 e. The molecule has 0 aliphatic rings. The Morgan fingerprint density at radius 2 is 1.94 bits per heavy atom. The normalized spacial score (nSPS) is 12.1. The summed E-state index contributed by atoms with van der Waals surface area (Å²) < 4.78 is 23.9. The summed E-state index contributed by atoms with van der Waals surface area (Å²) in [5.41, 5.74) is 0. The van der Waals surface area contributed by atoms with Crippen LogP contribution in [0, 0.1) is 5.92 Å². The average Bonchev–Trinajstić information content (AvgIpc) is 2.12. The van der Waals surface area contributed by atoms with Gasteiger partial charge in [0, 0.05) is 13.1 Å². The Bertz CT molecular complexity index is 312. The van der Waals surface area contributed by atoms with Gasteiger partial charge in [-0.25, -0.2) is 8.42 Å². The third kappa shape index (κ3) is 6.79. The van der Waals surface area contributed by atoms with Crippen LogP contribution in [0.5, 0.6) is 0 Å². The molecular weight excluding hydrogens is 228 g/mol. The SMILES string of the molecule is CCCN(CC(=O)NCC(C)C)S(C)(=O)=O. The van der Waals surface area contributed by atoms with E-state index in [1.165, 1.54) is 4.31 Å². The van der Waals surface area contributed by atoms with Gasteiger partial charge in [-0.15, -0.1) is 0 Å². The van der Waals surface area contributed by atoms with Crippen LogP contribution < -0.4 is 5.32 Å². The summed E-state index contributed by atoms with van der Waals surface area (Å²) in [5, 5.41) is 2.70. The smallest absolute Gasteiger partial charge is 0.235 e. The molecule has 0 fully saturated rings. The number of hydrogen-bond acceptors (Lipinski definition) is 3. The molecule has 1 N–H and O–H groups in total. The van der Waals surface area contributed by atoms with E-state index in [0.29, 0.717) is 25.4 Å². The molecule has 16 heavy (non-hydrogen) atoms. The van der Waals surface area contributed by atoms with Crippen molar-refractivity contribution in [1.82, 2.24) is 9.62 Å². The fourth-order valence-corrected chi connectivity index (χ4v) is 2.01. The topological polar surface area (TPSA) is 66.5 Å². The van der Waals surface area contributed by atoms with E-state index >= 15 is 0 Å². The summed E-state index contributed by atoms with van der Waals surface area (Å²) >= 11 is 0. The molecule has 1 amide bonds. The Morgan fingerprint density at radius 3 is 2.31 bits per heavy atom. The van der Waals surface area contributed by atoms with Gasteiger partial charge in [-0.2, -0.15) is 4.31 Å². The fourth-order valence-electron chi connectivity index (χ4n) is 1.15. The highest BCUT2D eigenvalue weighted by molar-refractivity contribution is 7.88. The molecule has 0 aromatic heterocycles. The van der Waals surface area contributed by atoms with Gasteiger partial charge in [0.15, 0.2) is 0 Å². The van der Waals surface area contributed by atoms with Crippen LogP contribution in [0.1, 0.15) is 27.2 Å². The molecule has 96 valence electrons. The van der Waals surface area contributed by atoms with Crippen molar-refractivity contribution in [2.24, 2.45) is 5.92 Å². The quantitative estimate of drug-likeness (QED) is 0.712. The Kier molecular flexibility index (Phi) is 6.59. The number of sulfonamides is 1. The molecule has 0 radical (unpaired) electrons. The first-order valence-electron chi connectivity index (χ1n) is 5.49. The first-order chi connectivity index (χ1) is 7.27. The summed E-state index contributed by atoms with van der Waals surface area (Å²) in [6.07, 6.45) is 1.82. The van der Waals surface area contributed by atoms with Crippen molar-refractivity contribution in [2.75, 3.05) is 25.9 Å². The molecule has 5 nitrogen and oxygen atoms in total. The van der Waals surface area contributed by atoms with Crippen molar-refractivity contribution in [3.05, 3.63) is 0 Å². The number of nitrogens with one attached hydrogen (secondary N) is 1. The first-order valence-corrected chi connectivity index (χ1v) is 7.34. The average molecular weight is 250 g/mol. The van der Waals surface area contributed by atoms with E-state index in [0.717, 1.165) is 6.26 Å².